The maximum atomic E-state index is 10.7. The number of β-amino-alcohol motifs (C(OH)–C–C–N with tert-alkyl or cyclic N) is 1. The number of nitrogens with one attached hydrogen (secondary N) is 1. The van der Waals surface area contributed by atoms with Crippen molar-refractivity contribution in [3.63, 3.8) is 0 Å². The van der Waals surface area contributed by atoms with Gasteiger partial charge in [-0.05, 0) is 49.6 Å². The molecule has 0 bridgehead atoms. The molecule has 1 fully saturated rings. The Balaban J connectivity index is 1.77. The third kappa shape index (κ3) is 3.94. The highest BCUT2D eigenvalue weighted by Gasteiger charge is 2.22. The normalized spacial score (nSPS) is 23.0. The van der Waals surface area contributed by atoms with Crippen molar-refractivity contribution in [3.8, 4) is 5.75 Å². The van der Waals surface area contributed by atoms with Crippen molar-refractivity contribution in [1.29, 1.82) is 0 Å². The third-order valence-corrected chi connectivity index (χ3v) is 3.45. The molecule has 3 N–H and O–H groups in total. The van der Waals surface area contributed by atoms with Crippen LogP contribution in [-0.2, 0) is 0 Å². The summed E-state index contributed by atoms with van der Waals surface area (Å²) in [5.41, 5.74) is 0.251. The number of piperidine rings is 1. The molecule has 5 nitrogen and oxygen atoms in total. The van der Waals surface area contributed by atoms with Crippen LogP contribution in [0.5, 0.6) is 5.75 Å². The van der Waals surface area contributed by atoms with Crippen molar-refractivity contribution in [2.24, 2.45) is 5.92 Å². The van der Waals surface area contributed by atoms with Crippen LogP contribution in [-0.4, -0.2) is 42.0 Å². The van der Waals surface area contributed by atoms with Crippen molar-refractivity contribution in [2.75, 3.05) is 19.7 Å². The lowest BCUT2D eigenvalue weighted by Gasteiger charge is -2.28. The summed E-state index contributed by atoms with van der Waals surface area (Å²) in [7, 11) is 0. The molecule has 2 atom stereocenters. The van der Waals surface area contributed by atoms with Gasteiger partial charge in [-0.3, -0.25) is 0 Å². The molecule has 1 aliphatic heterocycles. The summed E-state index contributed by atoms with van der Waals surface area (Å²) in [5.74, 6) is -0.00246. The first kappa shape index (κ1) is 13.8. The second-order valence-electron chi connectivity index (χ2n) is 4.79. The molecule has 2 unspecified atom stereocenters. The molecule has 19 heavy (non-hydrogen) atoms. The third-order valence-electron chi connectivity index (χ3n) is 3.45. The molecule has 1 aromatic carbocycles. The first-order valence-corrected chi connectivity index (χ1v) is 6.52. The van der Waals surface area contributed by atoms with Gasteiger partial charge in [0.15, 0.2) is 0 Å². The minimum absolute atomic E-state index is 0.251. The van der Waals surface area contributed by atoms with Crippen LogP contribution in [0.3, 0.4) is 0 Å². The Morgan fingerprint density at radius 3 is 2.74 bits per heavy atom. The van der Waals surface area contributed by atoms with E-state index in [1.54, 1.807) is 12.1 Å². The van der Waals surface area contributed by atoms with Gasteiger partial charge in [0.2, 0.25) is 0 Å². The van der Waals surface area contributed by atoms with Gasteiger partial charge >= 0.3 is 5.97 Å². The molecule has 0 aliphatic carbocycles. The number of aliphatic hydroxyl groups is 1. The van der Waals surface area contributed by atoms with Crippen LogP contribution in [0.1, 0.15) is 23.2 Å². The fourth-order valence-corrected chi connectivity index (χ4v) is 2.26. The van der Waals surface area contributed by atoms with Crippen LogP contribution in [0.4, 0.5) is 0 Å². The summed E-state index contributed by atoms with van der Waals surface area (Å²) in [6, 6.07) is 6.36. The smallest absolute Gasteiger partial charge is 0.335 e. The van der Waals surface area contributed by atoms with Gasteiger partial charge in [0.25, 0.3) is 0 Å². The highest BCUT2D eigenvalue weighted by atomic mass is 16.5. The number of benzene rings is 1. The van der Waals surface area contributed by atoms with Gasteiger partial charge in [0, 0.05) is 6.54 Å². The van der Waals surface area contributed by atoms with Gasteiger partial charge in [0.1, 0.15) is 5.75 Å². The maximum Gasteiger partial charge on any atom is 0.335 e. The molecule has 1 saturated heterocycles. The van der Waals surface area contributed by atoms with Crippen molar-refractivity contribution in [2.45, 2.75) is 18.9 Å². The van der Waals surface area contributed by atoms with E-state index in [2.05, 4.69) is 5.32 Å². The lowest BCUT2D eigenvalue weighted by molar-refractivity contribution is 0.0681. The number of aliphatic hydroxyl groups excluding tert-OH is 1. The zero-order valence-electron chi connectivity index (χ0n) is 10.7. The SMILES string of the molecule is O=C(O)c1ccc(OCCC2CCNCC2O)cc1. The topological polar surface area (TPSA) is 78.8 Å². The summed E-state index contributed by atoms with van der Waals surface area (Å²) in [5, 5.41) is 21.7. The first-order chi connectivity index (χ1) is 9.16. The molecule has 0 spiro atoms. The summed E-state index contributed by atoms with van der Waals surface area (Å²) < 4.78 is 5.57. The Morgan fingerprint density at radius 1 is 1.37 bits per heavy atom. The van der Waals surface area contributed by atoms with Crippen molar-refractivity contribution >= 4 is 5.97 Å². The van der Waals surface area contributed by atoms with Crippen LogP contribution >= 0.6 is 0 Å². The van der Waals surface area contributed by atoms with Crippen LogP contribution in [0.2, 0.25) is 0 Å². The molecule has 5 heteroatoms. The number of carboxylic acids is 1. The first-order valence-electron chi connectivity index (χ1n) is 6.52. The van der Waals surface area contributed by atoms with Crippen molar-refractivity contribution in [1.82, 2.24) is 5.32 Å². The van der Waals surface area contributed by atoms with E-state index in [9.17, 15) is 9.90 Å². The zero-order chi connectivity index (χ0) is 13.7. The molecule has 104 valence electrons. The van der Waals surface area contributed by atoms with Gasteiger partial charge in [-0.2, -0.15) is 0 Å². The van der Waals surface area contributed by atoms with Gasteiger partial charge < -0.3 is 20.3 Å². The van der Waals surface area contributed by atoms with Crippen LogP contribution < -0.4 is 10.1 Å². The molecule has 0 amide bonds. The molecule has 2 rings (SSSR count). The van der Waals surface area contributed by atoms with Crippen molar-refractivity contribution in [3.05, 3.63) is 29.8 Å². The number of aromatic carboxylic acids is 1. The number of carboxylic acid groups (broad SMARTS) is 1. The molecule has 0 radical (unpaired) electrons. The van der Waals surface area contributed by atoms with Gasteiger partial charge in [0.05, 0.1) is 18.3 Å². The minimum Gasteiger partial charge on any atom is -0.494 e. The molecule has 0 saturated carbocycles. The number of hydrogen-bond acceptors (Lipinski definition) is 4. The monoisotopic (exact) mass is 265 g/mol. The zero-order valence-corrected chi connectivity index (χ0v) is 10.7. The Bertz CT molecular complexity index is 418. The Kier molecular flexibility index (Phi) is 4.76. The van der Waals surface area contributed by atoms with E-state index >= 15 is 0 Å². The maximum absolute atomic E-state index is 10.7. The lowest BCUT2D eigenvalue weighted by Crippen LogP contribution is -2.40. The molecule has 1 aliphatic rings. The van der Waals surface area contributed by atoms with E-state index in [1.165, 1.54) is 12.1 Å². The van der Waals surface area contributed by atoms with E-state index in [4.69, 9.17) is 9.84 Å². The van der Waals surface area contributed by atoms with Gasteiger partial charge in [-0.15, -0.1) is 0 Å². The summed E-state index contributed by atoms with van der Waals surface area (Å²) in [6.07, 6.45) is 1.47. The molecular formula is C14H19NO4. The predicted octanol–water partition coefficient (Wildman–Crippen LogP) is 1.12. The highest BCUT2D eigenvalue weighted by molar-refractivity contribution is 5.87. The quantitative estimate of drug-likeness (QED) is 0.743. The summed E-state index contributed by atoms with van der Waals surface area (Å²) in [6.45, 7) is 2.13. The number of hydrogen-bond donors (Lipinski definition) is 3. The van der Waals surface area contributed by atoms with Crippen molar-refractivity contribution < 1.29 is 19.7 Å². The second kappa shape index (κ2) is 6.54. The number of rotatable bonds is 5. The summed E-state index contributed by atoms with van der Waals surface area (Å²) >= 11 is 0. The summed E-state index contributed by atoms with van der Waals surface area (Å²) in [4.78, 5) is 10.7. The van der Waals surface area contributed by atoms with Gasteiger partial charge in [-0.1, -0.05) is 0 Å². The van der Waals surface area contributed by atoms with E-state index in [0.29, 0.717) is 18.9 Å². The average molecular weight is 265 g/mol. The minimum atomic E-state index is -0.940. The Labute approximate surface area is 112 Å². The standard InChI is InChI=1S/C14H19NO4/c16-13-9-15-7-5-10(13)6-8-19-12-3-1-11(2-4-12)14(17)18/h1-4,10,13,15-16H,5-9H2,(H,17,18). The Morgan fingerprint density at radius 2 is 2.11 bits per heavy atom. The molecule has 1 heterocycles. The lowest BCUT2D eigenvalue weighted by atomic mass is 9.92. The van der Waals surface area contributed by atoms with E-state index in [1.807, 2.05) is 0 Å². The van der Waals surface area contributed by atoms with Gasteiger partial charge in [-0.25, -0.2) is 4.79 Å². The largest absolute Gasteiger partial charge is 0.494 e. The van der Waals surface area contributed by atoms with E-state index in [0.717, 1.165) is 19.4 Å². The number of carbonyl (C=O) groups is 1. The van der Waals surface area contributed by atoms with E-state index in [-0.39, 0.29) is 17.6 Å². The van der Waals surface area contributed by atoms with Crippen LogP contribution in [0.25, 0.3) is 0 Å². The number of ether oxygens (including phenoxy) is 1. The molecular weight excluding hydrogens is 246 g/mol. The molecule has 1 aromatic rings. The predicted molar refractivity (Wildman–Crippen MR) is 70.5 cm³/mol. The van der Waals surface area contributed by atoms with Crippen LogP contribution in [0.15, 0.2) is 24.3 Å². The Hall–Kier alpha value is -1.59. The fourth-order valence-electron chi connectivity index (χ4n) is 2.26. The average Bonchev–Trinajstić information content (AvgIpc) is 2.41. The second-order valence-corrected chi connectivity index (χ2v) is 4.79. The van der Waals surface area contributed by atoms with Crippen LogP contribution in [0, 0.1) is 5.92 Å². The fraction of sp³-hybridized carbons (Fsp3) is 0.500. The molecule has 0 aromatic heterocycles. The highest BCUT2D eigenvalue weighted by Crippen LogP contribution is 2.18. The van der Waals surface area contributed by atoms with E-state index < -0.39 is 5.97 Å².